The van der Waals surface area contributed by atoms with Crippen LogP contribution < -0.4 is 0 Å². The zero-order chi connectivity index (χ0) is 10.8. The van der Waals surface area contributed by atoms with Crippen LogP contribution in [0.5, 0.6) is 0 Å². The van der Waals surface area contributed by atoms with E-state index in [1.54, 1.807) is 5.56 Å². The zero-order valence-electron chi connectivity index (χ0n) is 9.50. The number of hydrogen-bond donors (Lipinski definition) is 1. The van der Waals surface area contributed by atoms with E-state index in [-0.39, 0.29) is 0 Å². The fourth-order valence-corrected chi connectivity index (χ4v) is 2.58. The Bertz CT molecular complexity index is 444. The van der Waals surface area contributed by atoms with Crippen molar-refractivity contribution in [1.29, 1.82) is 0 Å². The fraction of sp³-hybridized carbons (Fsp3) is 0.333. The Balaban J connectivity index is 1.83. The normalized spacial score (nSPS) is 14.8. The van der Waals surface area contributed by atoms with Crippen LogP contribution in [0.15, 0.2) is 36.4 Å². The second-order valence-corrected chi connectivity index (χ2v) is 4.67. The highest BCUT2D eigenvalue weighted by Gasteiger charge is 2.12. The summed E-state index contributed by atoms with van der Waals surface area (Å²) >= 11 is 0. The summed E-state index contributed by atoms with van der Waals surface area (Å²) in [4.78, 5) is 3.58. The Labute approximate surface area is 96.5 Å². The standard InChI is InChI=1S/C15H17N/c1-2-6-12(7-3-1)10-14-11-13-8-4-5-9-15(13)16-14/h1-3,6-7,11,16H,4-5,8-10H2. The van der Waals surface area contributed by atoms with Crippen molar-refractivity contribution in [2.24, 2.45) is 0 Å². The highest BCUT2D eigenvalue weighted by Crippen LogP contribution is 2.22. The van der Waals surface area contributed by atoms with Gasteiger partial charge in [0, 0.05) is 17.8 Å². The van der Waals surface area contributed by atoms with Gasteiger partial charge in [-0.1, -0.05) is 30.3 Å². The number of aryl methyl sites for hydroxylation is 2. The first kappa shape index (κ1) is 9.71. The minimum atomic E-state index is 1.04. The van der Waals surface area contributed by atoms with Crippen molar-refractivity contribution >= 4 is 0 Å². The number of aromatic amines is 1. The van der Waals surface area contributed by atoms with Crippen molar-refractivity contribution in [3.05, 3.63) is 58.9 Å². The number of benzene rings is 1. The minimum Gasteiger partial charge on any atom is -0.362 e. The van der Waals surface area contributed by atoms with E-state index in [4.69, 9.17) is 0 Å². The van der Waals surface area contributed by atoms with E-state index >= 15 is 0 Å². The van der Waals surface area contributed by atoms with Crippen LogP contribution in [-0.4, -0.2) is 4.98 Å². The Morgan fingerprint density at radius 2 is 1.81 bits per heavy atom. The Kier molecular flexibility index (Phi) is 2.53. The molecule has 1 heteroatoms. The van der Waals surface area contributed by atoms with Gasteiger partial charge in [-0.15, -0.1) is 0 Å². The summed E-state index contributed by atoms with van der Waals surface area (Å²) in [6.45, 7) is 0. The predicted molar refractivity (Wildman–Crippen MR) is 66.7 cm³/mol. The van der Waals surface area contributed by atoms with Crippen LogP contribution in [0.4, 0.5) is 0 Å². The molecule has 0 fully saturated rings. The average molecular weight is 211 g/mol. The van der Waals surface area contributed by atoms with E-state index < -0.39 is 0 Å². The lowest BCUT2D eigenvalue weighted by Crippen LogP contribution is -1.99. The quantitative estimate of drug-likeness (QED) is 0.782. The predicted octanol–water partition coefficient (Wildman–Crippen LogP) is 3.48. The van der Waals surface area contributed by atoms with Gasteiger partial charge in [0.25, 0.3) is 0 Å². The third kappa shape index (κ3) is 1.90. The lowest BCUT2D eigenvalue weighted by atomic mass is 9.98. The lowest BCUT2D eigenvalue weighted by molar-refractivity contribution is 0.676. The minimum absolute atomic E-state index is 1.04. The zero-order valence-corrected chi connectivity index (χ0v) is 9.50. The molecule has 0 aliphatic heterocycles. The summed E-state index contributed by atoms with van der Waals surface area (Å²) < 4.78 is 0. The number of hydrogen-bond acceptors (Lipinski definition) is 0. The van der Waals surface area contributed by atoms with Crippen LogP contribution >= 0.6 is 0 Å². The maximum Gasteiger partial charge on any atom is 0.0196 e. The molecular weight excluding hydrogens is 194 g/mol. The van der Waals surface area contributed by atoms with Crippen molar-refractivity contribution < 1.29 is 0 Å². The first-order chi connectivity index (χ1) is 7.92. The molecule has 0 atom stereocenters. The number of aromatic nitrogens is 1. The molecule has 1 aromatic heterocycles. The Morgan fingerprint density at radius 1 is 1.00 bits per heavy atom. The van der Waals surface area contributed by atoms with Crippen LogP contribution in [0.25, 0.3) is 0 Å². The van der Waals surface area contributed by atoms with Crippen LogP contribution in [0.2, 0.25) is 0 Å². The first-order valence-electron chi connectivity index (χ1n) is 6.15. The van der Waals surface area contributed by atoms with Gasteiger partial charge in [0.1, 0.15) is 0 Å². The van der Waals surface area contributed by atoms with Gasteiger partial charge in [-0.25, -0.2) is 0 Å². The van der Waals surface area contributed by atoms with Crippen LogP contribution in [0.1, 0.15) is 35.4 Å². The largest absolute Gasteiger partial charge is 0.362 e. The molecule has 1 nitrogen and oxygen atoms in total. The van der Waals surface area contributed by atoms with Crippen LogP contribution in [0, 0.1) is 0 Å². The highest BCUT2D eigenvalue weighted by atomic mass is 14.7. The molecule has 16 heavy (non-hydrogen) atoms. The summed E-state index contributed by atoms with van der Waals surface area (Å²) in [6.07, 6.45) is 6.24. The third-order valence-electron chi connectivity index (χ3n) is 3.41. The van der Waals surface area contributed by atoms with E-state index in [0.29, 0.717) is 0 Å². The number of fused-ring (bicyclic) bond motifs is 1. The van der Waals surface area contributed by atoms with Gasteiger partial charge in [0.2, 0.25) is 0 Å². The maximum absolute atomic E-state index is 3.58. The molecule has 0 bridgehead atoms. The summed E-state index contributed by atoms with van der Waals surface area (Å²) in [5, 5.41) is 0. The maximum atomic E-state index is 3.58. The molecule has 0 spiro atoms. The van der Waals surface area contributed by atoms with E-state index in [9.17, 15) is 0 Å². The summed E-state index contributed by atoms with van der Waals surface area (Å²) in [6, 6.07) is 13.0. The number of nitrogens with one attached hydrogen (secondary N) is 1. The molecule has 0 saturated carbocycles. The smallest absolute Gasteiger partial charge is 0.0196 e. The van der Waals surface area contributed by atoms with Crippen molar-refractivity contribution in [2.45, 2.75) is 32.1 Å². The molecule has 82 valence electrons. The van der Waals surface area contributed by atoms with E-state index in [0.717, 1.165) is 6.42 Å². The average Bonchev–Trinajstić information content (AvgIpc) is 2.72. The molecule has 1 aromatic carbocycles. The summed E-state index contributed by atoms with van der Waals surface area (Å²) in [7, 11) is 0. The SMILES string of the molecule is c1ccc(Cc2cc3c([nH]2)CCCC3)cc1. The Morgan fingerprint density at radius 3 is 2.62 bits per heavy atom. The molecule has 1 aliphatic rings. The monoisotopic (exact) mass is 211 g/mol. The van der Waals surface area contributed by atoms with Gasteiger partial charge >= 0.3 is 0 Å². The molecule has 3 rings (SSSR count). The van der Waals surface area contributed by atoms with E-state index in [1.165, 1.54) is 42.6 Å². The summed E-state index contributed by atoms with van der Waals surface area (Å²) in [5.74, 6) is 0. The molecule has 1 heterocycles. The van der Waals surface area contributed by atoms with Gasteiger partial charge in [-0.3, -0.25) is 0 Å². The van der Waals surface area contributed by atoms with Gasteiger partial charge < -0.3 is 4.98 Å². The topological polar surface area (TPSA) is 15.8 Å². The van der Waals surface area contributed by atoms with Crippen molar-refractivity contribution in [2.75, 3.05) is 0 Å². The molecular formula is C15H17N. The molecule has 0 saturated heterocycles. The second-order valence-electron chi connectivity index (χ2n) is 4.67. The number of rotatable bonds is 2. The van der Waals surface area contributed by atoms with E-state index in [2.05, 4.69) is 41.4 Å². The highest BCUT2D eigenvalue weighted by molar-refractivity contribution is 5.31. The molecule has 0 amide bonds. The second kappa shape index (κ2) is 4.17. The fourth-order valence-electron chi connectivity index (χ4n) is 2.58. The van der Waals surface area contributed by atoms with Gasteiger partial charge in [-0.05, 0) is 42.9 Å². The molecule has 2 aromatic rings. The molecule has 1 N–H and O–H groups in total. The van der Waals surface area contributed by atoms with Crippen molar-refractivity contribution in [1.82, 2.24) is 4.98 Å². The number of H-pyrrole nitrogens is 1. The van der Waals surface area contributed by atoms with Crippen LogP contribution in [0.3, 0.4) is 0 Å². The lowest BCUT2D eigenvalue weighted by Gasteiger charge is -2.09. The first-order valence-corrected chi connectivity index (χ1v) is 6.15. The molecule has 1 aliphatic carbocycles. The summed E-state index contributed by atoms with van der Waals surface area (Å²) in [5.41, 5.74) is 5.80. The van der Waals surface area contributed by atoms with Crippen molar-refractivity contribution in [3.8, 4) is 0 Å². The molecule has 0 unspecified atom stereocenters. The Hall–Kier alpha value is -1.50. The van der Waals surface area contributed by atoms with Gasteiger partial charge in [0.05, 0.1) is 0 Å². The third-order valence-corrected chi connectivity index (χ3v) is 3.41. The van der Waals surface area contributed by atoms with E-state index in [1.807, 2.05) is 0 Å². The van der Waals surface area contributed by atoms with Crippen molar-refractivity contribution in [3.63, 3.8) is 0 Å². The van der Waals surface area contributed by atoms with Gasteiger partial charge in [0.15, 0.2) is 0 Å². The van der Waals surface area contributed by atoms with Crippen LogP contribution in [-0.2, 0) is 19.3 Å². The van der Waals surface area contributed by atoms with Gasteiger partial charge in [-0.2, -0.15) is 0 Å². The molecule has 0 radical (unpaired) electrons.